The van der Waals surface area contributed by atoms with E-state index in [4.69, 9.17) is 5.26 Å². The number of nitrogens with zero attached hydrogens (tertiary/aromatic N) is 2. The first-order valence-corrected chi connectivity index (χ1v) is 5.25. The summed E-state index contributed by atoms with van der Waals surface area (Å²) in [6.45, 7) is 0.515. The molecule has 0 spiro atoms. The quantitative estimate of drug-likeness (QED) is 0.755. The van der Waals surface area contributed by atoms with Crippen LogP contribution in [0.25, 0.3) is 0 Å². The van der Waals surface area contributed by atoms with E-state index in [-0.39, 0.29) is 5.91 Å². The second kappa shape index (κ2) is 5.40. The Morgan fingerprint density at radius 1 is 1.71 bits per heavy atom. The average Bonchev–Trinajstić information content (AvgIpc) is 2.66. The fourth-order valence-electron chi connectivity index (χ4n) is 1.04. The fraction of sp³-hybridized carbons (Fsp3) is 0.400. The summed E-state index contributed by atoms with van der Waals surface area (Å²) in [5.41, 5.74) is 0. The monoisotopic (exact) mass is 208 g/mol. The van der Waals surface area contributed by atoms with Gasteiger partial charge >= 0.3 is 0 Å². The molecule has 0 fully saturated rings. The largest absolute Gasteiger partial charge is 0.344 e. The first-order chi connectivity index (χ1) is 6.74. The van der Waals surface area contributed by atoms with Gasteiger partial charge in [0, 0.05) is 18.5 Å². The van der Waals surface area contributed by atoms with E-state index in [0.29, 0.717) is 19.4 Å². The Morgan fingerprint density at radius 3 is 3.07 bits per heavy atom. The second-order valence-electron chi connectivity index (χ2n) is 2.98. The third-order valence-electron chi connectivity index (χ3n) is 1.89. The molecule has 1 heterocycles. The molecule has 74 valence electrons. The predicted molar refractivity (Wildman–Crippen MR) is 55.9 cm³/mol. The lowest BCUT2D eigenvalue weighted by molar-refractivity contribution is -0.129. The molecular weight excluding hydrogens is 196 g/mol. The first-order valence-electron chi connectivity index (χ1n) is 4.37. The number of thiophene rings is 1. The molecule has 0 aromatic carbocycles. The van der Waals surface area contributed by atoms with Crippen LogP contribution in [0.3, 0.4) is 0 Å². The van der Waals surface area contributed by atoms with Gasteiger partial charge in [-0.3, -0.25) is 4.79 Å². The molecule has 1 aromatic rings. The highest BCUT2D eigenvalue weighted by Gasteiger charge is 2.09. The van der Waals surface area contributed by atoms with Gasteiger partial charge in [0.25, 0.3) is 0 Å². The number of amides is 1. The minimum atomic E-state index is 0.0719. The summed E-state index contributed by atoms with van der Waals surface area (Å²) in [5.74, 6) is 0.0719. The number of likely N-dealkylation sites (N-methyl/N-ethyl adjacent to an activating group) is 1. The summed E-state index contributed by atoms with van der Waals surface area (Å²) in [4.78, 5) is 14.2. The number of hydrogen-bond donors (Lipinski definition) is 0. The lowest BCUT2D eigenvalue weighted by Gasteiger charge is -2.14. The highest BCUT2D eigenvalue weighted by Crippen LogP contribution is 2.10. The highest BCUT2D eigenvalue weighted by molar-refractivity contribution is 7.10. The van der Waals surface area contributed by atoms with Crippen LogP contribution in [0.2, 0.25) is 0 Å². The Morgan fingerprint density at radius 2 is 2.50 bits per heavy atom. The number of nitriles is 1. The minimum Gasteiger partial charge on any atom is -0.344 e. The van der Waals surface area contributed by atoms with Gasteiger partial charge in [-0.1, -0.05) is 6.07 Å². The highest BCUT2D eigenvalue weighted by atomic mass is 32.1. The molecule has 1 aromatic heterocycles. The van der Waals surface area contributed by atoms with E-state index in [1.54, 1.807) is 23.3 Å². The van der Waals surface area contributed by atoms with Gasteiger partial charge in [-0.25, -0.2) is 0 Å². The standard InChI is InChI=1S/C10H12N2OS/c1-12(6-3-5-11)10(13)8-9-4-2-7-14-9/h2,4,7H,3,6,8H2,1H3. The molecule has 0 saturated carbocycles. The fourth-order valence-corrected chi connectivity index (χ4v) is 1.74. The maximum absolute atomic E-state index is 11.5. The van der Waals surface area contributed by atoms with Crippen molar-refractivity contribution in [2.24, 2.45) is 0 Å². The van der Waals surface area contributed by atoms with Crippen LogP contribution in [-0.2, 0) is 11.2 Å². The van der Waals surface area contributed by atoms with Crippen molar-refractivity contribution in [3.63, 3.8) is 0 Å². The summed E-state index contributed by atoms with van der Waals surface area (Å²) in [6, 6.07) is 5.90. The molecule has 14 heavy (non-hydrogen) atoms. The predicted octanol–water partition coefficient (Wildman–Crippen LogP) is 1.66. The van der Waals surface area contributed by atoms with Crippen molar-refractivity contribution in [1.82, 2.24) is 4.90 Å². The third-order valence-corrected chi connectivity index (χ3v) is 2.77. The van der Waals surface area contributed by atoms with Gasteiger partial charge in [0.15, 0.2) is 0 Å². The molecule has 0 atom stereocenters. The van der Waals surface area contributed by atoms with E-state index in [0.717, 1.165) is 4.88 Å². The van der Waals surface area contributed by atoms with Gasteiger partial charge in [-0.15, -0.1) is 11.3 Å². The second-order valence-corrected chi connectivity index (χ2v) is 4.01. The molecule has 0 saturated heterocycles. The molecule has 1 rings (SSSR count). The zero-order valence-electron chi connectivity index (χ0n) is 8.06. The third kappa shape index (κ3) is 3.19. The van der Waals surface area contributed by atoms with Crippen molar-refractivity contribution >= 4 is 17.2 Å². The van der Waals surface area contributed by atoms with E-state index in [9.17, 15) is 4.79 Å². The van der Waals surface area contributed by atoms with Crippen molar-refractivity contribution in [2.75, 3.05) is 13.6 Å². The molecule has 4 heteroatoms. The number of carbonyl (C=O) groups is 1. The van der Waals surface area contributed by atoms with Crippen LogP contribution in [0.5, 0.6) is 0 Å². The van der Waals surface area contributed by atoms with E-state index in [1.807, 2.05) is 23.6 Å². The van der Waals surface area contributed by atoms with Crippen LogP contribution in [-0.4, -0.2) is 24.4 Å². The molecule has 0 bridgehead atoms. The normalized spacial score (nSPS) is 9.43. The Balaban J connectivity index is 2.39. The van der Waals surface area contributed by atoms with E-state index in [1.165, 1.54) is 0 Å². The molecule has 0 unspecified atom stereocenters. The molecule has 0 radical (unpaired) electrons. The van der Waals surface area contributed by atoms with Crippen LogP contribution in [0.4, 0.5) is 0 Å². The summed E-state index contributed by atoms with van der Waals surface area (Å²) < 4.78 is 0. The van der Waals surface area contributed by atoms with E-state index < -0.39 is 0 Å². The first kappa shape index (κ1) is 10.7. The molecular formula is C10H12N2OS. The van der Waals surface area contributed by atoms with Crippen LogP contribution in [0, 0.1) is 11.3 Å². The lowest BCUT2D eigenvalue weighted by atomic mass is 10.3. The molecule has 0 aliphatic rings. The van der Waals surface area contributed by atoms with Gasteiger partial charge in [0.1, 0.15) is 0 Å². The van der Waals surface area contributed by atoms with Crippen molar-refractivity contribution in [3.8, 4) is 6.07 Å². The van der Waals surface area contributed by atoms with Gasteiger partial charge in [0.05, 0.1) is 18.9 Å². The topological polar surface area (TPSA) is 44.1 Å². The van der Waals surface area contributed by atoms with Gasteiger partial charge in [-0.05, 0) is 11.4 Å². The van der Waals surface area contributed by atoms with Crippen LogP contribution < -0.4 is 0 Å². The van der Waals surface area contributed by atoms with Gasteiger partial charge in [0.2, 0.25) is 5.91 Å². The maximum Gasteiger partial charge on any atom is 0.227 e. The van der Waals surface area contributed by atoms with Crippen molar-refractivity contribution < 1.29 is 4.79 Å². The molecule has 1 amide bonds. The van der Waals surface area contributed by atoms with Crippen LogP contribution in [0.1, 0.15) is 11.3 Å². The van der Waals surface area contributed by atoms with Crippen molar-refractivity contribution in [1.29, 1.82) is 5.26 Å². The number of rotatable bonds is 4. The maximum atomic E-state index is 11.5. The molecule has 0 N–H and O–H groups in total. The zero-order valence-corrected chi connectivity index (χ0v) is 8.88. The van der Waals surface area contributed by atoms with E-state index >= 15 is 0 Å². The SMILES string of the molecule is CN(CCC#N)C(=O)Cc1cccs1. The Labute approximate surface area is 87.6 Å². The Hall–Kier alpha value is -1.34. The van der Waals surface area contributed by atoms with Crippen LogP contribution >= 0.6 is 11.3 Å². The number of carbonyl (C=O) groups excluding carboxylic acids is 1. The summed E-state index contributed by atoms with van der Waals surface area (Å²) in [5, 5.41) is 10.3. The summed E-state index contributed by atoms with van der Waals surface area (Å²) in [7, 11) is 1.73. The van der Waals surface area contributed by atoms with Crippen LogP contribution in [0.15, 0.2) is 17.5 Å². The Bertz CT molecular complexity index is 326. The summed E-state index contributed by atoms with van der Waals surface area (Å²) in [6.07, 6.45) is 0.840. The molecule has 3 nitrogen and oxygen atoms in total. The van der Waals surface area contributed by atoms with Crippen molar-refractivity contribution in [3.05, 3.63) is 22.4 Å². The molecule has 0 aliphatic heterocycles. The minimum absolute atomic E-state index is 0.0719. The van der Waals surface area contributed by atoms with Gasteiger partial charge in [-0.2, -0.15) is 5.26 Å². The number of hydrogen-bond acceptors (Lipinski definition) is 3. The van der Waals surface area contributed by atoms with Gasteiger partial charge < -0.3 is 4.90 Å². The van der Waals surface area contributed by atoms with Crippen molar-refractivity contribution in [2.45, 2.75) is 12.8 Å². The molecule has 0 aliphatic carbocycles. The van der Waals surface area contributed by atoms with E-state index in [2.05, 4.69) is 0 Å². The lowest BCUT2D eigenvalue weighted by Crippen LogP contribution is -2.28. The summed E-state index contributed by atoms with van der Waals surface area (Å²) >= 11 is 1.58. The zero-order chi connectivity index (χ0) is 10.4. The Kier molecular flexibility index (Phi) is 4.14. The average molecular weight is 208 g/mol. The smallest absolute Gasteiger partial charge is 0.227 e.